The summed E-state index contributed by atoms with van der Waals surface area (Å²) in [6.07, 6.45) is 0. The maximum absolute atomic E-state index is 11.7. The molecule has 0 aliphatic carbocycles. The van der Waals surface area contributed by atoms with Crippen LogP contribution in [-0.2, 0) is 0 Å². The molecule has 0 unspecified atom stereocenters. The summed E-state index contributed by atoms with van der Waals surface area (Å²) in [5.74, 6) is -0.0737. The minimum absolute atomic E-state index is 0.0737. The van der Waals surface area contributed by atoms with E-state index in [2.05, 4.69) is 4.98 Å². The Kier molecular flexibility index (Phi) is 2.56. The van der Waals surface area contributed by atoms with Gasteiger partial charge in [-0.05, 0) is 37.6 Å². The zero-order valence-corrected chi connectivity index (χ0v) is 9.68. The maximum atomic E-state index is 11.7. The molecule has 0 atom stereocenters. The number of hydrogen-bond acceptors (Lipinski definition) is 2. The van der Waals surface area contributed by atoms with E-state index in [0.29, 0.717) is 16.3 Å². The lowest BCUT2D eigenvalue weighted by atomic mass is 10.0. The van der Waals surface area contributed by atoms with Crippen LogP contribution in [0.4, 0.5) is 0 Å². The van der Waals surface area contributed by atoms with E-state index in [4.69, 9.17) is 11.6 Å². The lowest BCUT2D eigenvalue weighted by molar-refractivity contribution is 0.101. The van der Waals surface area contributed by atoms with E-state index in [-0.39, 0.29) is 16.5 Å². The first kappa shape index (κ1) is 10.9. The third kappa shape index (κ3) is 1.74. The van der Waals surface area contributed by atoms with Crippen molar-refractivity contribution in [2.45, 2.75) is 13.8 Å². The number of fused-ring (bicyclic) bond motifs is 1. The molecule has 0 saturated heterocycles. The van der Waals surface area contributed by atoms with Gasteiger partial charge >= 0.3 is 0 Å². The number of carbonyl (C=O) groups excluding carboxylic acids is 1. The average Bonchev–Trinajstić information content (AvgIpc) is 2.18. The Morgan fingerprint density at radius 3 is 2.56 bits per heavy atom. The molecular formula is C12H10ClNO2. The molecule has 1 N–H and O–H groups in total. The van der Waals surface area contributed by atoms with Crippen molar-refractivity contribution in [3.63, 3.8) is 0 Å². The van der Waals surface area contributed by atoms with Crippen molar-refractivity contribution in [2.24, 2.45) is 0 Å². The summed E-state index contributed by atoms with van der Waals surface area (Å²) < 4.78 is 0. The van der Waals surface area contributed by atoms with Crippen LogP contribution < -0.4 is 5.56 Å². The van der Waals surface area contributed by atoms with Gasteiger partial charge < -0.3 is 4.98 Å². The highest BCUT2D eigenvalue weighted by Gasteiger charge is 2.10. The second-order valence-electron chi connectivity index (χ2n) is 3.78. The van der Waals surface area contributed by atoms with Gasteiger partial charge in [-0.15, -0.1) is 0 Å². The van der Waals surface area contributed by atoms with E-state index in [1.54, 1.807) is 18.2 Å². The molecule has 0 aliphatic rings. The number of H-pyrrole nitrogens is 1. The number of aromatic nitrogens is 1. The highest BCUT2D eigenvalue weighted by molar-refractivity contribution is 6.30. The monoisotopic (exact) mass is 235 g/mol. The largest absolute Gasteiger partial charge is 0.312 e. The number of benzene rings is 1. The summed E-state index contributed by atoms with van der Waals surface area (Å²) in [7, 11) is 0. The minimum atomic E-state index is -0.270. The van der Waals surface area contributed by atoms with E-state index in [1.807, 2.05) is 6.92 Å². The fourth-order valence-corrected chi connectivity index (χ4v) is 1.97. The summed E-state index contributed by atoms with van der Waals surface area (Å²) in [6.45, 7) is 3.32. The van der Waals surface area contributed by atoms with Crippen LogP contribution in [-0.4, -0.2) is 10.8 Å². The fraction of sp³-hybridized carbons (Fsp3) is 0.167. The Morgan fingerprint density at radius 1 is 1.25 bits per heavy atom. The molecule has 16 heavy (non-hydrogen) atoms. The Morgan fingerprint density at radius 2 is 1.94 bits per heavy atom. The normalized spacial score (nSPS) is 10.7. The zero-order chi connectivity index (χ0) is 11.9. The first-order valence-electron chi connectivity index (χ1n) is 4.83. The van der Waals surface area contributed by atoms with E-state index in [9.17, 15) is 9.59 Å². The van der Waals surface area contributed by atoms with E-state index < -0.39 is 0 Å². The molecular weight excluding hydrogens is 226 g/mol. The van der Waals surface area contributed by atoms with Crippen molar-refractivity contribution in [3.8, 4) is 0 Å². The first-order chi connectivity index (χ1) is 7.49. The molecule has 2 aromatic rings. The van der Waals surface area contributed by atoms with E-state index >= 15 is 0 Å². The number of rotatable bonds is 1. The topological polar surface area (TPSA) is 49.9 Å². The second-order valence-corrected chi connectivity index (χ2v) is 4.18. The fourth-order valence-electron chi connectivity index (χ4n) is 1.77. The van der Waals surface area contributed by atoms with Crippen LogP contribution in [0.3, 0.4) is 0 Å². The molecule has 0 saturated carbocycles. The first-order valence-corrected chi connectivity index (χ1v) is 5.21. The smallest absolute Gasteiger partial charge is 0.256 e. The number of pyridine rings is 1. The molecule has 0 bridgehead atoms. The number of aromatic amines is 1. The van der Waals surface area contributed by atoms with Crippen molar-refractivity contribution < 1.29 is 4.79 Å². The van der Waals surface area contributed by atoms with Crippen molar-refractivity contribution in [3.05, 3.63) is 44.8 Å². The number of hydrogen-bond donors (Lipinski definition) is 1. The standard InChI is InChI=1S/C12H10ClNO2/c1-6-3-8(7(2)15)9-5-11(13)14-12(16)10(9)4-6/h3-5H,1-2H3,(H,14,16). The van der Waals surface area contributed by atoms with Crippen LogP contribution in [0.15, 0.2) is 23.0 Å². The molecule has 3 nitrogen and oxygen atoms in total. The van der Waals surface area contributed by atoms with Crippen LogP contribution in [0.25, 0.3) is 10.8 Å². The van der Waals surface area contributed by atoms with Crippen molar-refractivity contribution in [1.82, 2.24) is 4.98 Å². The Bertz CT molecular complexity index is 643. The molecule has 82 valence electrons. The van der Waals surface area contributed by atoms with Crippen LogP contribution >= 0.6 is 11.6 Å². The SMILES string of the molecule is CC(=O)c1cc(C)cc2c(=O)[nH]c(Cl)cc12. The van der Waals surface area contributed by atoms with Gasteiger partial charge in [-0.1, -0.05) is 11.6 Å². The summed E-state index contributed by atoms with van der Waals surface area (Å²) in [4.78, 5) is 25.7. The van der Waals surface area contributed by atoms with Crippen molar-refractivity contribution in [2.75, 3.05) is 0 Å². The third-order valence-corrected chi connectivity index (χ3v) is 2.66. The van der Waals surface area contributed by atoms with Gasteiger partial charge in [-0.25, -0.2) is 0 Å². The molecule has 4 heteroatoms. The van der Waals surface area contributed by atoms with Crippen LogP contribution in [0, 0.1) is 6.92 Å². The number of halogens is 1. The Balaban J connectivity index is 3.01. The van der Waals surface area contributed by atoms with Crippen molar-refractivity contribution >= 4 is 28.2 Å². The Labute approximate surface area is 97.1 Å². The second kappa shape index (κ2) is 3.76. The highest BCUT2D eigenvalue weighted by atomic mass is 35.5. The van der Waals surface area contributed by atoms with Gasteiger partial charge in [0.15, 0.2) is 5.78 Å². The summed E-state index contributed by atoms with van der Waals surface area (Å²) >= 11 is 5.77. The molecule has 1 aromatic heterocycles. The van der Waals surface area contributed by atoms with Crippen LogP contribution in [0.5, 0.6) is 0 Å². The molecule has 0 spiro atoms. The van der Waals surface area contributed by atoms with Gasteiger partial charge in [0.05, 0.1) is 0 Å². The summed E-state index contributed by atoms with van der Waals surface area (Å²) in [5.41, 5.74) is 1.14. The molecule has 0 aliphatic heterocycles. The highest BCUT2D eigenvalue weighted by Crippen LogP contribution is 2.20. The van der Waals surface area contributed by atoms with Crippen LogP contribution in [0.2, 0.25) is 5.15 Å². The number of ketones is 1. The number of nitrogens with one attached hydrogen (secondary N) is 1. The lowest BCUT2D eigenvalue weighted by Crippen LogP contribution is -2.08. The predicted molar refractivity (Wildman–Crippen MR) is 64.3 cm³/mol. The molecule has 2 rings (SSSR count). The Hall–Kier alpha value is -1.61. The van der Waals surface area contributed by atoms with E-state index in [1.165, 1.54) is 6.92 Å². The van der Waals surface area contributed by atoms with Gasteiger partial charge in [-0.3, -0.25) is 9.59 Å². The maximum Gasteiger partial charge on any atom is 0.256 e. The van der Waals surface area contributed by atoms with Crippen molar-refractivity contribution in [1.29, 1.82) is 0 Å². The van der Waals surface area contributed by atoms with Crippen LogP contribution in [0.1, 0.15) is 22.8 Å². The average molecular weight is 236 g/mol. The molecule has 0 radical (unpaired) electrons. The minimum Gasteiger partial charge on any atom is -0.312 e. The quantitative estimate of drug-likeness (QED) is 0.610. The van der Waals surface area contributed by atoms with Gasteiger partial charge in [0, 0.05) is 16.3 Å². The lowest BCUT2D eigenvalue weighted by Gasteiger charge is -2.05. The van der Waals surface area contributed by atoms with Gasteiger partial charge in [-0.2, -0.15) is 0 Å². The number of aryl methyl sites for hydroxylation is 1. The molecule has 1 aromatic carbocycles. The molecule has 1 heterocycles. The summed E-state index contributed by atoms with van der Waals surface area (Å²) in [5, 5.41) is 1.34. The predicted octanol–water partition coefficient (Wildman–Crippen LogP) is 2.69. The van der Waals surface area contributed by atoms with Gasteiger partial charge in [0.1, 0.15) is 5.15 Å². The third-order valence-electron chi connectivity index (χ3n) is 2.45. The van der Waals surface area contributed by atoms with Gasteiger partial charge in [0.2, 0.25) is 0 Å². The summed E-state index contributed by atoms with van der Waals surface area (Å²) in [6, 6.07) is 5.12. The van der Waals surface area contributed by atoms with Gasteiger partial charge in [0.25, 0.3) is 5.56 Å². The van der Waals surface area contributed by atoms with E-state index in [0.717, 1.165) is 5.56 Å². The number of carbonyl (C=O) groups is 1. The number of Topliss-reactive ketones (excluding diaryl/α,β-unsaturated/α-hetero) is 1. The molecule has 0 fully saturated rings. The molecule has 0 amide bonds. The zero-order valence-electron chi connectivity index (χ0n) is 8.93.